The van der Waals surface area contributed by atoms with Crippen LogP contribution in [0.2, 0.25) is 0 Å². The number of fused-ring (bicyclic) bond motifs is 1. The number of aryl methyl sites for hydroxylation is 1. The third kappa shape index (κ3) is 2.27. The van der Waals surface area contributed by atoms with E-state index in [-0.39, 0.29) is 6.10 Å². The maximum Gasteiger partial charge on any atom is 0.0950 e. The number of nitrogens with two attached hydrogens (primary N) is 1. The molecule has 98 valence electrons. The Bertz CT molecular complexity index is 595. The van der Waals surface area contributed by atoms with Crippen LogP contribution in [0.3, 0.4) is 0 Å². The van der Waals surface area contributed by atoms with Crippen LogP contribution in [0.1, 0.15) is 22.9 Å². The lowest BCUT2D eigenvalue weighted by Crippen LogP contribution is -2.23. The number of ether oxygens (including phenoxy) is 1. The van der Waals surface area contributed by atoms with Gasteiger partial charge in [0.25, 0.3) is 0 Å². The van der Waals surface area contributed by atoms with Gasteiger partial charge in [0, 0.05) is 18.4 Å². The number of pyridine rings is 1. The highest BCUT2D eigenvalue weighted by molar-refractivity contribution is 5.69. The summed E-state index contributed by atoms with van der Waals surface area (Å²) in [5, 5.41) is 0. The van der Waals surface area contributed by atoms with Crippen LogP contribution < -0.4 is 5.73 Å². The van der Waals surface area contributed by atoms with Gasteiger partial charge < -0.3 is 10.5 Å². The molecule has 0 amide bonds. The molecule has 3 nitrogen and oxygen atoms in total. The fourth-order valence-electron chi connectivity index (χ4n) is 2.76. The molecule has 2 N–H and O–H groups in total. The molecule has 3 rings (SSSR count). The predicted molar refractivity (Wildman–Crippen MR) is 75.9 cm³/mol. The van der Waals surface area contributed by atoms with Crippen molar-refractivity contribution >= 4 is 0 Å². The summed E-state index contributed by atoms with van der Waals surface area (Å²) in [6, 6.07) is 10.6. The largest absolute Gasteiger partial charge is 0.372 e. The summed E-state index contributed by atoms with van der Waals surface area (Å²) in [6.07, 6.45) is 2.85. The minimum absolute atomic E-state index is 0.0339. The van der Waals surface area contributed by atoms with E-state index in [1.165, 1.54) is 22.3 Å². The average molecular weight is 254 g/mol. The molecule has 2 aromatic rings. The Hall–Kier alpha value is -1.71. The molecule has 1 atom stereocenters. The van der Waals surface area contributed by atoms with E-state index in [4.69, 9.17) is 10.5 Å². The zero-order valence-corrected chi connectivity index (χ0v) is 11.1. The summed E-state index contributed by atoms with van der Waals surface area (Å²) in [5.41, 5.74) is 11.9. The van der Waals surface area contributed by atoms with Crippen LogP contribution >= 0.6 is 0 Å². The second kappa shape index (κ2) is 5.11. The molecule has 1 aromatic carbocycles. The standard InChI is InChI=1S/C16H18N2O/c1-11-9-12(5-7-18-11)13-3-2-4-15-14(13)6-8-19-16(15)10-17/h2-5,7,9,16H,6,8,10,17H2,1H3/t16-/m0/s1. The monoisotopic (exact) mass is 254 g/mol. The zero-order valence-electron chi connectivity index (χ0n) is 11.1. The SMILES string of the molecule is Cc1cc(-c2cccc3c2CCO[C@H]3CN)ccn1. The quantitative estimate of drug-likeness (QED) is 0.896. The molecule has 0 saturated heterocycles. The van der Waals surface area contributed by atoms with Crippen molar-refractivity contribution in [2.24, 2.45) is 5.73 Å². The summed E-state index contributed by atoms with van der Waals surface area (Å²) >= 11 is 0. The van der Waals surface area contributed by atoms with Crippen LogP contribution in [0.25, 0.3) is 11.1 Å². The van der Waals surface area contributed by atoms with Crippen LogP contribution in [0.15, 0.2) is 36.5 Å². The number of hydrogen-bond donors (Lipinski definition) is 1. The molecule has 1 aromatic heterocycles. The first-order valence-electron chi connectivity index (χ1n) is 6.66. The summed E-state index contributed by atoms with van der Waals surface area (Å²) in [4.78, 5) is 4.26. The molecule has 0 saturated carbocycles. The molecule has 0 aliphatic carbocycles. The molecule has 0 spiro atoms. The maximum absolute atomic E-state index is 5.80. The fourth-order valence-corrected chi connectivity index (χ4v) is 2.76. The number of nitrogens with zero attached hydrogens (tertiary/aromatic N) is 1. The predicted octanol–water partition coefficient (Wildman–Crippen LogP) is 2.63. The van der Waals surface area contributed by atoms with Crippen molar-refractivity contribution in [1.82, 2.24) is 4.98 Å². The fraction of sp³-hybridized carbons (Fsp3) is 0.312. The van der Waals surface area contributed by atoms with Gasteiger partial charge in [-0.15, -0.1) is 0 Å². The van der Waals surface area contributed by atoms with E-state index in [1.54, 1.807) is 0 Å². The lowest BCUT2D eigenvalue weighted by Gasteiger charge is -2.27. The summed E-state index contributed by atoms with van der Waals surface area (Å²) < 4.78 is 5.73. The Kier molecular flexibility index (Phi) is 3.32. The molecular formula is C16H18N2O. The van der Waals surface area contributed by atoms with Crippen molar-refractivity contribution in [1.29, 1.82) is 0 Å². The summed E-state index contributed by atoms with van der Waals surface area (Å²) in [7, 11) is 0. The maximum atomic E-state index is 5.80. The number of benzene rings is 1. The van der Waals surface area contributed by atoms with E-state index in [0.717, 1.165) is 18.7 Å². The smallest absolute Gasteiger partial charge is 0.0950 e. The highest BCUT2D eigenvalue weighted by Crippen LogP contribution is 2.34. The van der Waals surface area contributed by atoms with E-state index < -0.39 is 0 Å². The van der Waals surface area contributed by atoms with Crippen LogP contribution in [0.5, 0.6) is 0 Å². The van der Waals surface area contributed by atoms with Crippen molar-refractivity contribution in [2.45, 2.75) is 19.4 Å². The first kappa shape index (κ1) is 12.3. The van der Waals surface area contributed by atoms with E-state index >= 15 is 0 Å². The second-order valence-corrected chi connectivity index (χ2v) is 4.90. The van der Waals surface area contributed by atoms with Crippen LogP contribution in [0.4, 0.5) is 0 Å². The minimum atomic E-state index is 0.0339. The van der Waals surface area contributed by atoms with E-state index in [2.05, 4.69) is 35.3 Å². The molecule has 0 bridgehead atoms. The van der Waals surface area contributed by atoms with E-state index in [9.17, 15) is 0 Å². The van der Waals surface area contributed by atoms with Crippen LogP contribution in [0, 0.1) is 6.92 Å². The topological polar surface area (TPSA) is 48.1 Å². The van der Waals surface area contributed by atoms with Gasteiger partial charge in [-0.2, -0.15) is 0 Å². The molecule has 3 heteroatoms. The lowest BCUT2D eigenvalue weighted by atomic mass is 9.90. The Balaban J connectivity index is 2.13. The van der Waals surface area contributed by atoms with Gasteiger partial charge in [0.2, 0.25) is 0 Å². The number of rotatable bonds is 2. The van der Waals surface area contributed by atoms with Gasteiger partial charge in [-0.1, -0.05) is 18.2 Å². The molecule has 2 heterocycles. The average Bonchev–Trinajstić information content (AvgIpc) is 2.46. The Morgan fingerprint density at radius 1 is 1.37 bits per heavy atom. The van der Waals surface area contributed by atoms with Gasteiger partial charge in [-0.3, -0.25) is 4.98 Å². The Morgan fingerprint density at radius 3 is 3.05 bits per heavy atom. The Morgan fingerprint density at radius 2 is 2.26 bits per heavy atom. The first-order valence-corrected chi connectivity index (χ1v) is 6.66. The molecule has 1 aliphatic rings. The van der Waals surface area contributed by atoms with Crippen molar-refractivity contribution in [3.8, 4) is 11.1 Å². The molecule has 1 aliphatic heterocycles. The molecule has 19 heavy (non-hydrogen) atoms. The van der Waals surface area contributed by atoms with Crippen molar-refractivity contribution in [2.75, 3.05) is 13.2 Å². The van der Waals surface area contributed by atoms with Gasteiger partial charge >= 0.3 is 0 Å². The first-order chi connectivity index (χ1) is 9.29. The Labute approximate surface area is 113 Å². The summed E-state index contributed by atoms with van der Waals surface area (Å²) in [5.74, 6) is 0. The number of hydrogen-bond acceptors (Lipinski definition) is 3. The van der Waals surface area contributed by atoms with E-state index in [0.29, 0.717) is 6.54 Å². The highest BCUT2D eigenvalue weighted by atomic mass is 16.5. The summed E-state index contributed by atoms with van der Waals surface area (Å²) in [6.45, 7) is 3.30. The molecule has 0 fully saturated rings. The minimum Gasteiger partial charge on any atom is -0.372 e. The lowest BCUT2D eigenvalue weighted by molar-refractivity contribution is 0.0486. The van der Waals surface area contributed by atoms with Gasteiger partial charge in [-0.05, 0) is 47.7 Å². The van der Waals surface area contributed by atoms with Gasteiger partial charge in [0.05, 0.1) is 12.7 Å². The van der Waals surface area contributed by atoms with Gasteiger partial charge in [0.15, 0.2) is 0 Å². The molecule has 0 unspecified atom stereocenters. The van der Waals surface area contributed by atoms with Crippen LogP contribution in [-0.4, -0.2) is 18.1 Å². The van der Waals surface area contributed by atoms with E-state index in [1.807, 2.05) is 13.1 Å². The second-order valence-electron chi connectivity index (χ2n) is 4.90. The third-order valence-corrected chi connectivity index (χ3v) is 3.65. The molecular weight excluding hydrogens is 236 g/mol. The van der Waals surface area contributed by atoms with Crippen molar-refractivity contribution < 1.29 is 4.74 Å². The van der Waals surface area contributed by atoms with Crippen LogP contribution in [-0.2, 0) is 11.2 Å². The van der Waals surface area contributed by atoms with Crippen molar-refractivity contribution in [3.63, 3.8) is 0 Å². The highest BCUT2D eigenvalue weighted by Gasteiger charge is 2.21. The normalized spacial score (nSPS) is 18.1. The number of aromatic nitrogens is 1. The molecule has 0 radical (unpaired) electrons. The van der Waals surface area contributed by atoms with Crippen molar-refractivity contribution in [3.05, 3.63) is 53.3 Å². The zero-order chi connectivity index (χ0) is 13.2. The third-order valence-electron chi connectivity index (χ3n) is 3.65. The van der Waals surface area contributed by atoms with Gasteiger partial charge in [-0.25, -0.2) is 0 Å². The van der Waals surface area contributed by atoms with Gasteiger partial charge in [0.1, 0.15) is 0 Å².